The lowest BCUT2D eigenvalue weighted by atomic mass is 10.1. The zero-order valence-electron chi connectivity index (χ0n) is 14.9. The van der Waals surface area contributed by atoms with Crippen molar-refractivity contribution in [3.05, 3.63) is 29.8 Å². The highest BCUT2D eigenvalue weighted by Crippen LogP contribution is 2.20. The molecule has 0 atom stereocenters. The van der Waals surface area contributed by atoms with Crippen LogP contribution in [0.4, 0.5) is 0 Å². The van der Waals surface area contributed by atoms with Crippen molar-refractivity contribution in [1.29, 1.82) is 0 Å². The molecule has 1 aromatic heterocycles. The second-order valence-electron chi connectivity index (χ2n) is 5.49. The Kier molecular flexibility index (Phi) is 7.85. The van der Waals surface area contributed by atoms with E-state index in [1.54, 1.807) is 24.3 Å². The van der Waals surface area contributed by atoms with Crippen LogP contribution in [0, 0.1) is 0 Å². The standard InChI is InChI=1S/C16H22N4O6S/c1-27(22,23)16-20-19-15(26-16)13-4-2-12(3-5-13)14(21)18-7-9-25-11-10-24-8-6-17/h2-5H,6-11,17H2,1H3,(H,18,21). The van der Waals surface area contributed by atoms with Crippen LogP contribution in [-0.2, 0) is 19.3 Å². The maximum atomic E-state index is 12.1. The molecule has 2 aromatic rings. The second-order valence-corrected chi connectivity index (χ2v) is 7.39. The second kappa shape index (κ2) is 10.1. The van der Waals surface area contributed by atoms with Gasteiger partial charge in [-0.1, -0.05) is 5.10 Å². The molecule has 0 aliphatic rings. The molecule has 0 saturated heterocycles. The molecule has 0 radical (unpaired) electrons. The van der Waals surface area contributed by atoms with Crippen LogP contribution in [0.3, 0.4) is 0 Å². The fourth-order valence-electron chi connectivity index (χ4n) is 1.98. The number of rotatable bonds is 11. The summed E-state index contributed by atoms with van der Waals surface area (Å²) in [4.78, 5) is 12.1. The number of carbonyl (C=O) groups is 1. The van der Waals surface area contributed by atoms with Gasteiger partial charge in [-0.25, -0.2) is 8.42 Å². The van der Waals surface area contributed by atoms with Crippen molar-refractivity contribution < 1.29 is 27.1 Å². The molecule has 3 N–H and O–H groups in total. The molecule has 27 heavy (non-hydrogen) atoms. The Morgan fingerprint density at radius 3 is 2.37 bits per heavy atom. The van der Waals surface area contributed by atoms with Gasteiger partial charge in [0.2, 0.25) is 15.7 Å². The third-order valence-corrected chi connectivity index (χ3v) is 4.08. The van der Waals surface area contributed by atoms with Crippen molar-refractivity contribution in [2.24, 2.45) is 5.73 Å². The monoisotopic (exact) mass is 398 g/mol. The number of ether oxygens (including phenoxy) is 2. The molecule has 1 heterocycles. The smallest absolute Gasteiger partial charge is 0.335 e. The summed E-state index contributed by atoms with van der Waals surface area (Å²) in [6.07, 6.45) is 0.981. The largest absolute Gasteiger partial charge is 0.408 e. The van der Waals surface area contributed by atoms with Crippen molar-refractivity contribution in [3.8, 4) is 11.5 Å². The van der Waals surface area contributed by atoms with Gasteiger partial charge >= 0.3 is 5.22 Å². The normalized spacial score (nSPS) is 11.5. The predicted molar refractivity (Wildman–Crippen MR) is 95.9 cm³/mol. The van der Waals surface area contributed by atoms with Crippen molar-refractivity contribution in [2.45, 2.75) is 5.22 Å². The van der Waals surface area contributed by atoms with Gasteiger partial charge in [-0.05, 0) is 24.3 Å². The number of nitrogens with one attached hydrogen (secondary N) is 1. The molecule has 0 aliphatic carbocycles. The maximum Gasteiger partial charge on any atom is 0.335 e. The molecule has 1 amide bonds. The molecule has 0 fully saturated rings. The van der Waals surface area contributed by atoms with E-state index in [0.717, 1.165) is 6.26 Å². The molecule has 0 unspecified atom stereocenters. The van der Waals surface area contributed by atoms with Gasteiger partial charge in [0.25, 0.3) is 5.91 Å². The molecule has 2 rings (SSSR count). The number of nitrogens with zero attached hydrogens (tertiary/aromatic N) is 2. The number of nitrogens with two attached hydrogens (primary N) is 1. The van der Waals surface area contributed by atoms with Gasteiger partial charge < -0.3 is 24.9 Å². The van der Waals surface area contributed by atoms with Gasteiger partial charge in [-0.3, -0.25) is 4.79 Å². The average Bonchev–Trinajstić information content (AvgIpc) is 3.14. The zero-order chi connectivity index (χ0) is 19.7. The van der Waals surface area contributed by atoms with Gasteiger partial charge in [0.15, 0.2) is 0 Å². The maximum absolute atomic E-state index is 12.1. The summed E-state index contributed by atoms with van der Waals surface area (Å²) in [5, 5.41) is 9.46. The van der Waals surface area contributed by atoms with E-state index < -0.39 is 15.1 Å². The fraction of sp³-hybridized carbons (Fsp3) is 0.438. The summed E-state index contributed by atoms with van der Waals surface area (Å²) in [5.41, 5.74) is 6.24. The van der Waals surface area contributed by atoms with E-state index in [4.69, 9.17) is 19.6 Å². The minimum absolute atomic E-state index is 0.0626. The van der Waals surface area contributed by atoms with Crippen LogP contribution in [0.15, 0.2) is 33.9 Å². The number of hydrogen-bond donors (Lipinski definition) is 2. The molecule has 0 saturated carbocycles. The predicted octanol–water partition coefficient (Wildman–Crippen LogP) is -0.138. The Bertz CT molecular complexity index is 835. The van der Waals surface area contributed by atoms with Gasteiger partial charge in [-0.2, -0.15) is 0 Å². The lowest BCUT2D eigenvalue weighted by Crippen LogP contribution is -2.27. The Labute approximate surface area is 157 Å². The van der Waals surface area contributed by atoms with E-state index in [1.807, 2.05) is 0 Å². The van der Waals surface area contributed by atoms with E-state index in [2.05, 4.69) is 15.5 Å². The number of carbonyl (C=O) groups excluding carboxylic acids is 1. The van der Waals surface area contributed by atoms with Crippen LogP contribution < -0.4 is 11.1 Å². The van der Waals surface area contributed by atoms with E-state index in [-0.39, 0.29) is 11.8 Å². The Balaban J connectivity index is 1.79. The summed E-state index contributed by atoms with van der Waals surface area (Å²) >= 11 is 0. The molecular weight excluding hydrogens is 376 g/mol. The Morgan fingerprint density at radius 2 is 1.78 bits per heavy atom. The van der Waals surface area contributed by atoms with Crippen molar-refractivity contribution >= 4 is 15.7 Å². The lowest BCUT2D eigenvalue weighted by Gasteiger charge is -2.07. The van der Waals surface area contributed by atoms with Gasteiger partial charge in [0.05, 0.1) is 26.4 Å². The highest BCUT2D eigenvalue weighted by atomic mass is 32.2. The number of amides is 1. The Morgan fingerprint density at radius 1 is 1.11 bits per heavy atom. The van der Waals surface area contributed by atoms with E-state index in [9.17, 15) is 13.2 Å². The average molecular weight is 398 g/mol. The first kappa shape index (κ1) is 21.0. The first-order valence-electron chi connectivity index (χ1n) is 8.19. The van der Waals surface area contributed by atoms with Gasteiger partial charge in [0, 0.05) is 30.5 Å². The third-order valence-electron chi connectivity index (χ3n) is 3.28. The summed E-state index contributed by atoms with van der Waals surface area (Å²) in [5.74, 6) is -0.195. The van der Waals surface area contributed by atoms with Crippen molar-refractivity contribution in [1.82, 2.24) is 15.5 Å². The first-order chi connectivity index (χ1) is 12.9. The molecule has 148 valence electrons. The molecule has 10 nitrogen and oxygen atoms in total. The molecule has 1 aromatic carbocycles. The fourth-order valence-corrected chi connectivity index (χ4v) is 2.40. The lowest BCUT2D eigenvalue weighted by molar-refractivity contribution is 0.0511. The van der Waals surface area contributed by atoms with Gasteiger partial charge in [-0.15, -0.1) is 5.10 Å². The minimum atomic E-state index is -3.56. The van der Waals surface area contributed by atoms with Crippen LogP contribution in [0.2, 0.25) is 0 Å². The van der Waals surface area contributed by atoms with Gasteiger partial charge in [0.1, 0.15) is 0 Å². The molecule has 0 aliphatic heterocycles. The van der Waals surface area contributed by atoms with E-state index in [0.29, 0.717) is 50.6 Å². The number of hydrogen-bond acceptors (Lipinski definition) is 9. The molecule has 0 spiro atoms. The van der Waals surface area contributed by atoms with Crippen molar-refractivity contribution in [3.63, 3.8) is 0 Å². The van der Waals surface area contributed by atoms with Crippen LogP contribution in [-0.4, -0.2) is 70.3 Å². The summed E-state index contributed by atoms with van der Waals surface area (Å²) < 4.78 is 38.3. The van der Waals surface area contributed by atoms with E-state index >= 15 is 0 Å². The minimum Gasteiger partial charge on any atom is -0.408 e. The van der Waals surface area contributed by atoms with Crippen molar-refractivity contribution in [2.75, 3.05) is 45.8 Å². The zero-order valence-corrected chi connectivity index (χ0v) is 15.7. The highest BCUT2D eigenvalue weighted by Gasteiger charge is 2.17. The molecule has 0 bridgehead atoms. The topological polar surface area (TPSA) is 147 Å². The number of aromatic nitrogens is 2. The van der Waals surface area contributed by atoms with Crippen LogP contribution in [0.25, 0.3) is 11.5 Å². The van der Waals surface area contributed by atoms with E-state index in [1.165, 1.54) is 0 Å². The summed E-state index contributed by atoms with van der Waals surface area (Å²) in [7, 11) is -3.56. The molecular formula is C16H22N4O6S. The summed E-state index contributed by atoms with van der Waals surface area (Å²) in [6.45, 7) is 2.59. The number of benzene rings is 1. The third kappa shape index (κ3) is 6.71. The highest BCUT2D eigenvalue weighted by molar-refractivity contribution is 7.90. The number of sulfone groups is 1. The Hall–Kier alpha value is -2.34. The van der Waals surface area contributed by atoms with Crippen LogP contribution >= 0.6 is 0 Å². The van der Waals surface area contributed by atoms with Crippen LogP contribution in [0.1, 0.15) is 10.4 Å². The van der Waals surface area contributed by atoms with Crippen LogP contribution in [0.5, 0.6) is 0 Å². The molecule has 11 heteroatoms. The summed E-state index contributed by atoms with van der Waals surface area (Å²) in [6, 6.07) is 6.35. The SMILES string of the molecule is CS(=O)(=O)c1nnc(-c2ccc(C(=O)NCCOCCOCCN)cc2)o1. The quantitative estimate of drug-likeness (QED) is 0.494. The first-order valence-corrected chi connectivity index (χ1v) is 10.1.